The second-order valence-electron chi connectivity index (χ2n) is 6.14. The van der Waals surface area contributed by atoms with E-state index in [2.05, 4.69) is 16.1 Å². The maximum absolute atomic E-state index is 11.3. The minimum Gasteiger partial charge on any atom is -0.507 e. The third-order valence-electron chi connectivity index (χ3n) is 4.19. The molecule has 0 bridgehead atoms. The number of aliphatic hydroxyl groups is 1. The molecule has 0 aliphatic carbocycles. The lowest BCUT2D eigenvalue weighted by atomic mass is 10.0. The van der Waals surface area contributed by atoms with Crippen LogP contribution >= 0.6 is 16.1 Å². The molecule has 0 saturated heterocycles. The van der Waals surface area contributed by atoms with Gasteiger partial charge in [0, 0.05) is 28.7 Å². The number of rotatable bonds is 8. The van der Waals surface area contributed by atoms with E-state index in [0.29, 0.717) is 12.1 Å². The number of ether oxygens (including phenoxy) is 1. The first-order valence-corrected chi connectivity index (χ1v) is 8.89. The quantitative estimate of drug-likeness (QED) is 0.568. The van der Waals surface area contributed by atoms with Crippen molar-refractivity contribution in [2.75, 3.05) is 13.7 Å². The Kier molecular flexibility index (Phi) is 7.02. The molecule has 0 spiro atoms. The van der Waals surface area contributed by atoms with E-state index in [9.17, 15) is 15.0 Å². The van der Waals surface area contributed by atoms with Crippen LogP contribution in [0.4, 0.5) is 0 Å². The standard InChI is InChI=1S/C19H23BrN2O4/c1-12(9-13-3-6-15(26-2)7-4-13)22(20)11-18(24)14-5-8-17(23)16(10-14)19(21)25/h3-8,10,12,18,23-24H,9,11H2,1-2H3,(H2,21,25). The number of carbonyl (C=O) groups excluding carboxylic acids is 1. The van der Waals surface area contributed by atoms with Gasteiger partial charge in [0.25, 0.3) is 5.91 Å². The van der Waals surface area contributed by atoms with Crippen molar-refractivity contribution in [3.8, 4) is 11.5 Å². The Hall–Kier alpha value is -2.09. The van der Waals surface area contributed by atoms with Gasteiger partial charge in [0.1, 0.15) is 11.5 Å². The van der Waals surface area contributed by atoms with Crippen LogP contribution in [0, 0.1) is 0 Å². The Morgan fingerprint density at radius 1 is 1.27 bits per heavy atom. The molecule has 0 fully saturated rings. The van der Waals surface area contributed by atoms with Gasteiger partial charge in [0.2, 0.25) is 0 Å². The molecule has 0 saturated carbocycles. The number of aromatic hydroxyl groups is 1. The number of hydrogen-bond donors (Lipinski definition) is 3. The number of amides is 1. The molecule has 4 N–H and O–H groups in total. The van der Waals surface area contributed by atoms with E-state index in [-0.39, 0.29) is 17.4 Å². The zero-order valence-corrected chi connectivity index (χ0v) is 16.3. The summed E-state index contributed by atoms with van der Waals surface area (Å²) in [6.45, 7) is 2.34. The number of nitrogens with zero attached hydrogens (tertiary/aromatic N) is 1. The molecule has 1 amide bonds. The largest absolute Gasteiger partial charge is 0.507 e. The maximum Gasteiger partial charge on any atom is 0.252 e. The SMILES string of the molecule is COc1ccc(CC(C)N(Br)CC(O)c2ccc(O)c(C(N)=O)c2)cc1. The van der Waals surface area contributed by atoms with E-state index in [1.165, 1.54) is 12.1 Å². The Morgan fingerprint density at radius 2 is 1.92 bits per heavy atom. The van der Waals surface area contributed by atoms with Crippen LogP contribution in [0.25, 0.3) is 0 Å². The molecular weight excluding hydrogens is 400 g/mol. The predicted octanol–water partition coefficient (Wildman–Crippen LogP) is 2.78. The van der Waals surface area contributed by atoms with E-state index in [4.69, 9.17) is 10.5 Å². The molecule has 0 aliphatic rings. The highest BCUT2D eigenvalue weighted by Crippen LogP contribution is 2.25. The molecule has 7 heteroatoms. The van der Waals surface area contributed by atoms with Crippen molar-refractivity contribution in [1.82, 2.24) is 3.93 Å². The summed E-state index contributed by atoms with van der Waals surface area (Å²) in [5, 5.41) is 20.1. The second-order valence-corrected chi connectivity index (χ2v) is 7.05. The van der Waals surface area contributed by atoms with E-state index in [0.717, 1.165) is 17.7 Å². The lowest BCUT2D eigenvalue weighted by molar-refractivity contribution is 0.0997. The minimum absolute atomic E-state index is 0.00560. The van der Waals surface area contributed by atoms with Gasteiger partial charge in [-0.25, -0.2) is 3.93 Å². The van der Waals surface area contributed by atoms with Crippen LogP contribution in [-0.4, -0.2) is 39.7 Å². The molecule has 2 unspecified atom stereocenters. The van der Waals surface area contributed by atoms with E-state index in [1.54, 1.807) is 13.2 Å². The first-order valence-electron chi connectivity index (χ1n) is 8.18. The van der Waals surface area contributed by atoms with Crippen LogP contribution in [0.3, 0.4) is 0 Å². The number of primary amides is 1. The predicted molar refractivity (Wildman–Crippen MR) is 103 cm³/mol. The van der Waals surface area contributed by atoms with Crippen molar-refractivity contribution >= 4 is 22.1 Å². The normalized spacial score (nSPS) is 13.4. The van der Waals surface area contributed by atoms with Crippen LogP contribution < -0.4 is 10.5 Å². The zero-order chi connectivity index (χ0) is 19.3. The maximum atomic E-state index is 11.3. The van der Waals surface area contributed by atoms with Gasteiger partial charge < -0.3 is 20.7 Å². The molecule has 2 rings (SSSR count). The number of methoxy groups -OCH3 is 1. The van der Waals surface area contributed by atoms with Gasteiger partial charge in [-0.3, -0.25) is 4.79 Å². The van der Waals surface area contributed by atoms with Crippen LogP contribution in [0.5, 0.6) is 11.5 Å². The highest BCUT2D eigenvalue weighted by atomic mass is 79.9. The number of halogens is 1. The summed E-state index contributed by atoms with van der Waals surface area (Å²) in [5.74, 6) is -0.123. The zero-order valence-electron chi connectivity index (χ0n) is 14.7. The molecule has 6 nitrogen and oxygen atoms in total. The lowest BCUT2D eigenvalue weighted by Crippen LogP contribution is -2.30. The van der Waals surface area contributed by atoms with Crippen LogP contribution in [0.1, 0.15) is 34.5 Å². The fourth-order valence-corrected chi connectivity index (χ4v) is 3.03. The molecule has 140 valence electrons. The Bertz CT molecular complexity index is 752. The van der Waals surface area contributed by atoms with Gasteiger partial charge in [0.05, 0.1) is 18.8 Å². The first kappa shape index (κ1) is 20.2. The number of phenols is 1. The fourth-order valence-electron chi connectivity index (χ4n) is 2.61. The summed E-state index contributed by atoms with van der Waals surface area (Å²) in [5.41, 5.74) is 6.89. The molecule has 0 heterocycles. The topological polar surface area (TPSA) is 96.0 Å². The summed E-state index contributed by atoms with van der Waals surface area (Å²) < 4.78 is 7.01. The number of nitrogens with two attached hydrogens (primary N) is 1. The van der Waals surface area contributed by atoms with Gasteiger partial charge in [-0.05, 0) is 48.7 Å². The van der Waals surface area contributed by atoms with Crippen molar-refractivity contribution < 1.29 is 19.7 Å². The number of aliphatic hydroxyl groups excluding tert-OH is 1. The smallest absolute Gasteiger partial charge is 0.252 e. The lowest BCUT2D eigenvalue weighted by Gasteiger charge is -2.25. The third kappa shape index (κ3) is 5.20. The highest BCUT2D eigenvalue weighted by Gasteiger charge is 2.19. The Labute approximate surface area is 161 Å². The molecule has 2 atom stereocenters. The Morgan fingerprint density at radius 3 is 2.50 bits per heavy atom. The van der Waals surface area contributed by atoms with Crippen LogP contribution in [0.15, 0.2) is 42.5 Å². The van der Waals surface area contributed by atoms with E-state index >= 15 is 0 Å². The summed E-state index contributed by atoms with van der Waals surface area (Å²) >= 11 is 3.50. The van der Waals surface area contributed by atoms with Gasteiger partial charge >= 0.3 is 0 Å². The van der Waals surface area contributed by atoms with E-state index in [1.807, 2.05) is 35.1 Å². The second kappa shape index (κ2) is 9.02. The molecule has 2 aromatic carbocycles. The summed E-state index contributed by atoms with van der Waals surface area (Å²) in [6, 6.07) is 12.3. The average molecular weight is 423 g/mol. The summed E-state index contributed by atoms with van der Waals surface area (Å²) in [7, 11) is 1.63. The fraction of sp³-hybridized carbons (Fsp3) is 0.316. The molecule has 0 aromatic heterocycles. The minimum atomic E-state index is -0.841. The Balaban J connectivity index is 2.00. The first-order chi connectivity index (χ1) is 12.3. The third-order valence-corrected chi connectivity index (χ3v) is 5.18. The van der Waals surface area contributed by atoms with Crippen molar-refractivity contribution in [3.05, 3.63) is 59.2 Å². The van der Waals surface area contributed by atoms with Crippen molar-refractivity contribution in [3.63, 3.8) is 0 Å². The number of benzene rings is 2. The number of hydrogen-bond acceptors (Lipinski definition) is 5. The monoisotopic (exact) mass is 422 g/mol. The van der Waals surface area contributed by atoms with Crippen molar-refractivity contribution in [1.29, 1.82) is 0 Å². The summed E-state index contributed by atoms with van der Waals surface area (Å²) in [4.78, 5) is 11.3. The molecular formula is C19H23BrN2O4. The molecule has 2 aromatic rings. The van der Waals surface area contributed by atoms with Crippen molar-refractivity contribution in [2.24, 2.45) is 5.73 Å². The molecule has 0 radical (unpaired) electrons. The van der Waals surface area contributed by atoms with Gasteiger partial charge in [0.15, 0.2) is 0 Å². The molecule has 0 aliphatic heterocycles. The van der Waals surface area contributed by atoms with Gasteiger partial charge in [-0.1, -0.05) is 18.2 Å². The van der Waals surface area contributed by atoms with Gasteiger partial charge in [-0.15, -0.1) is 0 Å². The van der Waals surface area contributed by atoms with Crippen LogP contribution in [0.2, 0.25) is 0 Å². The van der Waals surface area contributed by atoms with Crippen LogP contribution in [-0.2, 0) is 6.42 Å². The average Bonchev–Trinajstić information content (AvgIpc) is 2.62. The number of carbonyl (C=O) groups is 1. The highest BCUT2D eigenvalue weighted by molar-refractivity contribution is 9.07. The van der Waals surface area contributed by atoms with Crippen molar-refractivity contribution in [2.45, 2.75) is 25.5 Å². The van der Waals surface area contributed by atoms with E-state index < -0.39 is 12.0 Å². The summed E-state index contributed by atoms with van der Waals surface area (Å²) in [6.07, 6.45) is -0.0595. The molecule has 26 heavy (non-hydrogen) atoms. The van der Waals surface area contributed by atoms with Gasteiger partial charge in [-0.2, -0.15) is 0 Å².